The summed E-state index contributed by atoms with van der Waals surface area (Å²) in [5.74, 6) is 1.24. The lowest BCUT2D eigenvalue weighted by Gasteiger charge is -2.35. The molecule has 5 nitrogen and oxygen atoms in total. The van der Waals surface area contributed by atoms with Gasteiger partial charge in [-0.05, 0) is 44.9 Å². The first-order chi connectivity index (χ1) is 14.2. The van der Waals surface area contributed by atoms with Crippen LogP contribution in [0.2, 0.25) is 0 Å². The Morgan fingerprint density at radius 1 is 1.20 bits per heavy atom. The molecule has 4 rings (SSSR count). The molecule has 2 aromatic rings. The summed E-state index contributed by atoms with van der Waals surface area (Å²) in [5.41, 5.74) is 3.35. The molecular formula is C24H26N2O3S. The minimum absolute atomic E-state index is 0.0662. The smallest absolute Gasteiger partial charge is 0.187 e. The number of carbonyl (C=O) groups excluding carboxylic acids is 1. The molecule has 1 atom stereocenters. The van der Waals surface area contributed by atoms with Crippen molar-refractivity contribution in [3.05, 3.63) is 70.8 Å². The van der Waals surface area contributed by atoms with E-state index < -0.39 is 5.72 Å². The molecule has 0 aromatic heterocycles. The average molecular weight is 423 g/mol. The summed E-state index contributed by atoms with van der Waals surface area (Å²) < 4.78 is 5.38. The van der Waals surface area contributed by atoms with Crippen molar-refractivity contribution in [2.45, 2.75) is 38.5 Å². The molecule has 0 amide bonds. The second kappa shape index (κ2) is 7.60. The fraction of sp³-hybridized carbons (Fsp3) is 0.333. The van der Waals surface area contributed by atoms with Crippen molar-refractivity contribution < 1.29 is 14.6 Å². The third-order valence-corrected chi connectivity index (χ3v) is 6.52. The zero-order chi connectivity index (χ0) is 21.5. The van der Waals surface area contributed by atoms with E-state index in [4.69, 9.17) is 4.74 Å². The van der Waals surface area contributed by atoms with Gasteiger partial charge in [-0.3, -0.25) is 4.79 Å². The Bertz CT molecular complexity index is 1050. The summed E-state index contributed by atoms with van der Waals surface area (Å²) in [5, 5.41) is 14.3. The highest BCUT2D eigenvalue weighted by Crippen LogP contribution is 2.33. The summed E-state index contributed by atoms with van der Waals surface area (Å²) in [6, 6.07) is 13.4. The average Bonchev–Trinajstić information content (AvgIpc) is 3.07. The lowest BCUT2D eigenvalue weighted by Crippen LogP contribution is -2.43. The number of nitrogens with one attached hydrogen (secondary N) is 1. The normalized spacial score (nSPS) is 23.5. The number of aliphatic hydroxyl groups is 1. The highest BCUT2D eigenvalue weighted by molar-refractivity contribution is 8.14. The van der Waals surface area contributed by atoms with E-state index in [1.54, 1.807) is 20.1 Å². The molecule has 0 saturated carbocycles. The molecule has 30 heavy (non-hydrogen) atoms. The fourth-order valence-corrected chi connectivity index (χ4v) is 4.82. The van der Waals surface area contributed by atoms with Gasteiger partial charge in [-0.15, -0.1) is 11.8 Å². The standard InChI is InChI=1S/C24H26N2O3S/c1-23(2)13-17-9-10-18(29-4)11-19(17)20(25-23)12-21(27)15-5-7-16(8-6-15)22-26-24(3,28)14-30-22/h5-12,25,28H,13-14H2,1-4H3. The van der Waals surface area contributed by atoms with Crippen molar-refractivity contribution in [1.82, 2.24) is 5.32 Å². The van der Waals surface area contributed by atoms with Crippen molar-refractivity contribution in [2.75, 3.05) is 12.9 Å². The van der Waals surface area contributed by atoms with Gasteiger partial charge in [0.05, 0.1) is 7.11 Å². The molecule has 6 heteroatoms. The largest absolute Gasteiger partial charge is 0.497 e. The molecule has 2 heterocycles. The maximum atomic E-state index is 13.0. The van der Waals surface area contributed by atoms with E-state index in [-0.39, 0.29) is 11.3 Å². The molecule has 0 fully saturated rings. The van der Waals surface area contributed by atoms with E-state index in [2.05, 4.69) is 30.2 Å². The minimum Gasteiger partial charge on any atom is -0.497 e. The van der Waals surface area contributed by atoms with Gasteiger partial charge in [0.25, 0.3) is 0 Å². The predicted octanol–water partition coefficient (Wildman–Crippen LogP) is 4.05. The molecule has 2 aliphatic rings. The van der Waals surface area contributed by atoms with Gasteiger partial charge in [0.2, 0.25) is 0 Å². The number of benzene rings is 2. The molecule has 2 aromatic carbocycles. The summed E-state index contributed by atoms with van der Waals surface area (Å²) in [6.45, 7) is 5.95. The predicted molar refractivity (Wildman–Crippen MR) is 122 cm³/mol. The third kappa shape index (κ3) is 4.30. The Morgan fingerprint density at radius 2 is 1.93 bits per heavy atom. The first-order valence-electron chi connectivity index (χ1n) is 9.93. The highest BCUT2D eigenvalue weighted by Gasteiger charge is 2.29. The van der Waals surface area contributed by atoms with Gasteiger partial charge in [0, 0.05) is 39.8 Å². The number of hydrogen-bond acceptors (Lipinski definition) is 6. The molecule has 0 radical (unpaired) electrons. The first kappa shape index (κ1) is 20.7. The zero-order valence-electron chi connectivity index (χ0n) is 17.7. The Labute approximate surface area is 181 Å². The second-order valence-corrected chi connectivity index (χ2v) is 9.60. The van der Waals surface area contributed by atoms with Crippen LogP contribution in [0.1, 0.15) is 47.8 Å². The van der Waals surface area contributed by atoms with Crippen LogP contribution in [0.4, 0.5) is 0 Å². The Morgan fingerprint density at radius 3 is 2.57 bits per heavy atom. The van der Waals surface area contributed by atoms with Crippen molar-refractivity contribution in [1.29, 1.82) is 0 Å². The van der Waals surface area contributed by atoms with Gasteiger partial charge in [-0.25, -0.2) is 4.99 Å². The number of allylic oxidation sites excluding steroid dienone is 1. The highest BCUT2D eigenvalue weighted by atomic mass is 32.2. The number of thioether (sulfide) groups is 1. The monoisotopic (exact) mass is 422 g/mol. The van der Waals surface area contributed by atoms with Crippen LogP contribution in [0, 0.1) is 0 Å². The Balaban J connectivity index is 1.63. The van der Waals surface area contributed by atoms with E-state index in [0.29, 0.717) is 11.3 Å². The molecule has 1 unspecified atom stereocenters. The van der Waals surface area contributed by atoms with Crippen LogP contribution < -0.4 is 10.1 Å². The molecule has 0 bridgehead atoms. The van der Waals surface area contributed by atoms with E-state index in [1.807, 2.05) is 36.4 Å². The van der Waals surface area contributed by atoms with Crippen LogP contribution in [0.15, 0.2) is 53.5 Å². The molecule has 2 aliphatic heterocycles. The Kier molecular flexibility index (Phi) is 5.24. The molecular weight excluding hydrogens is 396 g/mol. The van der Waals surface area contributed by atoms with Crippen LogP contribution in [0.25, 0.3) is 5.70 Å². The van der Waals surface area contributed by atoms with Crippen molar-refractivity contribution in [2.24, 2.45) is 4.99 Å². The second-order valence-electron chi connectivity index (χ2n) is 8.63. The maximum absolute atomic E-state index is 13.0. The lowest BCUT2D eigenvalue weighted by molar-refractivity contribution is 0.0988. The van der Waals surface area contributed by atoms with Gasteiger partial charge < -0.3 is 15.2 Å². The topological polar surface area (TPSA) is 70.9 Å². The number of carbonyl (C=O) groups is 1. The summed E-state index contributed by atoms with van der Waals surface area (Å²) in [7, 11) is 1.64. The van der Waals surface area contributed by atoms with Crippen LogP contribution in [-0.2, 0) is 6.42 Å². The first-order valence-corrected chi connectivity index (χ1v) is 10.9. The number of ether oxygens (including phenoxy) is 1. The minimum atomic E-state index is -1.02. The SMILES string of the molecule is COc1ccc2c(c1)C(=CC(=O)c1ccc(C3=NC(C)(O)CS3)cc1)NC(C)(C)C2. The van der Waals surface area contributed by atoms with Gasteiger partial charge in [0.15, 0.2) is 11.5 Å². The number of rotatable bonds is 4. The fourth-order valence-electron chi connectivity index (χ4n) is 3.78. The van der Waals surface area contributed by atoms with Gasteiger partial charge in [-0.1, -0.05) is 30.3 Å². The maximum Gasteiger partial charge on any atom is 0.187 e. The van der Waals surface area contributed by atoms with E-state index in [1.165, 1.54) is 17.3 Å². The van der Waals surface area contributed by atoms with Gasteiger partial charge >= 0.3 is 0 Å². The van der Waals surface area contributed by atoms with Crippen LogP contribution in [0.5, 0.6) is 5.75 Å². The van der Waals surface area contributed by atoms with Gasteiger partial charge in [0.1, 0.15) is 10.8 Å². The van der Waals surface area contributed by atoms with E-state index >= 15 is 0 Å². The number of hydrogen-bond donors (Lipinski definition) is 2. The van der Waals surface area contributed by atoms with E-state index in [9.17, 15) is 9.90 Å². The molecule has 0 saturated heterocycles. The summed E-state index contributed by atoms with van der Waals surface area (Å²) in [6.07, 6.45) is 2.54. The lowest BCUT2D eigenvalue weighted by atomic mass is 9.85. The number of methoxy groups -OCH3 is 1. The summed E-state index contributed by atoms with van der Waals surface area (Å²) >= 11 is 1.52. The van der Waals surface area contributed by atoms with Crippen molar-refractivity contribution in [3.8, 4) is 5.75 Å². The number of nitrogens with zero attached hydrogens (tertiary/aromatic N) is 1. The van der Waals surface area contributed by atoms with Crippen molar-refractivity contribution >= 4 is 28.3 Å². The number of aliphatic imine (C=N–C) groups is 1. The quantitative estimate of drug-likeness (QED) is 0.575. The van der Waals surface area contributed by atoms with Crippen LogP contribution >= 0.6 is 11.8 Å². The molecule has 2 N–H and O–H groups in total. The van der Waals surface area contributed by atoms with Gasteiger partial charge in [-0.2, -0.15) is 0 Å². The third-order valence-electron chi connectivity index (χ3n) is 5.23. The number of ketones is 1. The van der Waals surface area contributed by atoms with Crippen LogP contribution in [-0.4, -0.2) is 40.1 Å². The molecule has 0 aliphatic carbocycles. The summed E-state index contributed by atoms with van der Waals surface area (Å²) in [4.78, 5) is 17.3. The zero-order valence-corrected chi connectivity index (χ0v) is 18.5. The van der Waals surface area contributed by atoms with Crippen LogP contribution in [0.3, 0.4) is 0 Å². The molecule has 156 valence electrons. The Hall–Kier alpha value is -2.57. The molecule has 0 spiro atoms. The van der Waals surface area contributed by atoms with E-state index in [0.717, 1.165) is 34.0 Å². The van der Waals surface area contributed by atoms with Crippen molar-refractivity contribution in [3.63, 3.8) is 0 Å². The number of fused-ring (bicyclic) bond motifs is 1.